The Kier molecular flexibility index (Phi) is 5.24. The fourth-order valence-corrected chi connectivity index (χ4v) is 5.08. The predicted octanol–water partition coefficient (Wildman–Crippen LogP) is 3.20. The number of fused-ring (bicyclic) bond motifs is 1. The molecule has 8 heteroatoms. The summed E-state index contributed by atoms with van der Waals surface area (Å²) in [6.45, 7) is 3.70. The van der Waals surface area contributed by atoms with Gasteiger partial charge < -0.3 is 4.98 Å². The second-order valence-electron chi connectivity index (χ2n) is 7.07. The lowest BCUT2D eigenvalue weighted by Crippen LogP contribution is -2.35. The lowest BCUT2D eigenvalue weighted by Gasteiger charge is -2.23. The standard InChI is InChI=1S/C23H21N3O4S/c1-3-25(17-9-5-4-6-10-17)31(29,30)18-14-13-16(2)21(15-18)26-22(27)19-11-7-8-12-20(19)24-23(26)28/h4-15H,3H2,1-2H3,(H,24,28). The minimum absolute atomic E-state index is 0.00161. The maximum absolute atomic E-state index is 13.4. The molecule has 7 nitrogen and oxygen atoms in total. The topological polar surface area (TPSA) is 92.2 Å². The molecule has 3 aromatic carbocycles. The van der Waals surface area contributed by atoms with Crippen molar-refractivity contribution < 1.29 is 8.42 Å². The molecule has 0 unspecified atom stereocenters. The third-order valence-corrected chi connectivity index (χ3v) is 7.05. The van der Waals surface area contributed by atoms with Crippen molar-refractivity contribution in [2.45, 2.75) is 18.7 Å². The van der Waals surface area contributed by atoms with Crippen molar-refractivity contribution in [3.63, 3.8) is 0 Å². The van der Waals surface area contributed by atoms with E-state index in [2.05, 4.69) is 4.98 Å². The smallest absolute Gasteiger partial charge is 0.306 e. The van der Waals surface area contributed by atoms with Crippen molar-refractivity contribution in [1.82, 2.24) is 9.55 Å². The Morgan fingerprint density at radius 3 is 2.32 bits per heavy atom. The normalized spacial score (nSPS) is 11.5. The third-order valence-electron chi connectivity index (χ3n) is 5.15. The first-order chi connectivity index (χ1) is 14.8. The highest BCUT2D eigenvalue weighted by atomic mass is 32.2. The van der Waals surface area contributed by atoms with Crippen LogP contribution in [-0.4, -0.2) is 24.5 Å². The minimum Gasteiger partial charge on any atom is -0.306 e. The fourth-order valence-electron chi connectivity index (χ4n) is 3.58. The number of hydrogen-bond donors (Lipinski definition) is 1. The van der Waals surface area contributed by atoms with Crippen LogP contribution in [0.2, 0.25) is 0 Å². The molecule has 0 saturated carbocycles. The summed E-state index contributed by atoms with van der Waals surface area (Å²) in [5.41, 5.74) is 0.653. The first kappa shape index (κ1) is 20.6. The molecule has 0 aliphatic heterocycles. The molecule has 1 aromatic heterocycles. The van der Waals surface area contributed by atoms with E-state index in [-0.39, 0.29) is 17.1 Å². The molecule has 0 spiro atoms. The van der Waals surface area contributed by atoms with Crippen LogP contribution in [0.15, 0.2) is 87.3 Å². The van der Waals surface area contributed by atoms with E-state index in [1.54, 1.807) is 68.4 Å². The Morgan fingerprint density at radius 1 is 0.935 bits per heavy atom. The quantitative estimate of drug-likeness (QED) is 0.521. The predicted molar refractivity (Wildman–Crippen MR) is 122 cm³/mol. The molecule has 4 rings (SSSR count). The van der Waals surface area contributed by atoms with Gasteiger partial charge in [-0.1, -0.05) is 36.4 Å². The van der Waals surface area contributed by atoms with E-state index in [4.69, 9.17) is 0 Å². The Bertz CT molecular complexity index is 1490. The van der Waals surface area contributed by atoms with Crippen LogP contribution in [0.25, 0.3) is 16.6 Å². The lowest BCUT2D eigenvalue weighted by atomic mass is 10.2. The van der Waals surface area contributed by atoms with E-state index in [0.717, 1.165) is 4.57 Å². The van der Waals surface area contributed by atoms with Crippen molar-refractivity contribution in [1.29, 1.82) is 0 Å². The van der Waals surface area contributed by atoms with E-state index in [1.165, 1.54) is 16.4 Å². The monoisotopic (exact) mass is 435 g/mol. The molecule has 31 heavy (non-hydrogen) atoms. The summed E-state index contributed by atoms with van der Waals surface area (Å²) >= 11 is 0. The first-order valence-corrected chi connectivity index (χ1v) is 11.2. The average molecular weight is 436 g/mol. The minimum atomic E-state index is -3.91. The van der Waals surface area contributed by atoms with Gasteiger partial charge in [0.1, 0.15) is 0 Å². The molecule has 0 atom stereocenters. The van der Waals surface area contributed by atoms with Crippen LogP contribution in [0.1, 0.15) is 12.5 Å². The summed E-state index contributed by atoms with van der Waals surface area (Å²) in [6, 6.07) is 19.9. The number of benzene rings is 3. The maximum Gasteiger partial charge on any atom is 0.333 e. The fraction of sp³-hybridized carbons (Fsp3) is 0.130. The van der Waals surface area contributed by atoms with E-state index < -0.39 is 21.3 Å². The summed E-state index contributed by atoms with van der Waals surface area (Å²) < 4.78 is 29.1. The third kappa shape index (κ3) is 3.55. The Labute approximate surface area is 179 Å². The van der Waals surface area contributed by atoms with Gasteiger partial charge in [0.2, 0.25) is 0 Å². The van der Waals surface area contributed by atoms with Gasteiger partial charge in [0.25, 0.3) is 15.6 Å². The molecule has 1 heterocycles. The summed E-state index contributed by atoms with van der Waals surface area (Å²) in [7, 11) is -3.91. The molecule has 0 bridgehead atoms. The Balaban J connectivity index is 1.92. The number of para-hydroxylation sites is 2. The summed E-state index contributed by atoms with van der Waals surface area (Å²) in [6.07, 6.45) is 0. The van der Waals surface area contributed by atoms with Gasteiger partial charge >= 0.3 is 5.69 Å². The number of nitrogens with zero attached hydrogens (tertiary/aromatic N) is 2. The number of aromatic nitrogens is 2. The molecule has 0 radical (unpaired) electrons. The number of H-pyrrole nitrogens is 1. The zero-order valence-electron chi connectivity index (χ0n) is 17.1. The largest absolute Gasteiger partial charge is 0.333 e. The van der Waals surface area contributed by atoms with E-state index in [1.807, 2.05) is 6.07 Å². The molecule has 0 fully saturated rings. The van der Waals surface area contributed by atoms with Crippen molar-refractivity contribution in [2.75, 3.05) is 10.8 Å². The molecular weight excluding hydrogens is 414 g/mol. The molecule has 4 aromatic rings. The average Bonchev–Trinajstić information content (AvgIpc) is 2.76. The van der Waals surface area contributed by atoms with Gasteiger partial charge in [0, 0.05) is 6.54 Å². The molecule has 0 aliphatic rings. The SMILES string of the molecule is CCN(c1ccccc1)S(=O)(=O)c1ccc(C)c(-n2c(=O)[nH]c3ccccc3c2=O)c1. The van der Waals surface area contributed by atoms with Crippen molar-refractivity contribution in [3.8, 4) is 5.69 Å². The number of hydrogen-bond acceptors (Lipinski definition) is 4. The van der Waals surface area contributed by atoms with Gasteiger partial charge in [-0.15, -0.1) is 0 Å². The van der Waals surface area contributed by atoms with Crippen LogP contribution in [0.5, 0.6) is 0 Å². The Morgan fingerprint density at radius 2 is 1.61 bits per heavy atom. The van der Waals surface area contributed by atoms with Gasteiger partial charge in [0.15, 0.2) is 0 Å². The molecule has 0 amide bonds. The summed E-state index contributed by atoms with van der Waals surface area (Å²) in [4.78, 5) is 28.5. The highest BCUT2D eigenvalue weighted by Gasteiger charge is 2.25. The van der Waals surface area contributed by atoms with Gasteiger partial charge in [0.05, 0.1) is 27.2 Å². The molecule has 1 N–H and O–H groups in total. The van der Waals surface area contributed by atoms with Crippen LogP contribution in [-0.2, 0) is 10.0 Å². The number of rotatable bonds is 5. The van der Waals surface area contributed by atoms with Crippen molar-refractivity contribution in [3.05, 3.63) is 99.2 Å². The highest BCUT2D eigenvalue weighted by molar-refractivity contribution is 7.92. The number of aromatic amines is 1. The van der Waals surface area contributed by atoms with Crippen LogP contribution >= 0.6 is 0 Å². The number of sulfonamides is 1. The van der Waals surface area contributed by atoms with Gasteiger partial charge in [-0.05, 0) is 55.8 Å². The first-order valence-electron chi connectivity index (χ1n) is 9.77. The molecule has 158 valence electrons. The van der Waals surface area contributed by atoms with Crippen LogP contribution in [0.3, 0.4) is 0 Å². The Hall–Kier alpha value is -3.65. The lowest BCUT2D eigenvalue weighted by molar-refractivity contribution is 0.591. The van der Waals surface area contributed by atoms with Gasteiger partial charge in [-0.3, -0.25) is 9.10 Å². The second kappa shape index (κ2) is 7.88. The maximum atomic E-state index is 13.4. The molecular formula is C23H21N3O4S. The van der Waals surface area contributed by atoms with E-state index in [0.29, 0.717) is 22.2 Å². The highest BCUT2D eigenvalue weighted by Crippen LogP contribution is 2.25. The van der Waals surface area contributed by atoms with E-state index >= 15 is 0 Å². The zero-order chi connectivity index (χ0) is 22.2. The molecule has 0 aliphatic carbocycles. The molecule has 0 saturated heterocycles. The number of nitrogens with one attached hydrogen (secondary N) is 1. The zero-order valence-corrected chi connectivity index (χ0v) is 17.9. The van der Waals surface area contributed by atoms with E-state index in [9.17, 15) is 18.0 Å². The second-order valence-corrected chi connectivity index (χ2v) is 8.93. The van der Waals surface area contributed by atoms with Crippen LogP contribution < -0.4 is 15.6 Å². The summed E-state index contributed by atoms with van der Waals surface area (Å²) in [5.74, 6) is 0. The van der Waals surface area contributed by atoms with Gasteiger partial charge in [-0.2, -0.15) is 0 Å². The number of aryl methyl sites for hydroxylation is 1. The van der Waals surface area contributed by atoms with Crippen LogP contribution in [0.4, 0.5) is 5.69 Å². The summed E-state index contributed by atoms with van der Waals surface area (Å²) in [5, 5.41) is 0.342. The van der Waals surface area contributed by atoms with Gasteiger partial charge in [-0.25, -0.2) is 17.8 Å². The van der Waals surface area contributed by atoms with Crippen molar-refractivity contribution >= 4 is 26.6 Å². The van der Waals surface area contributed by atoms with Crippen molar-refractivity contribution in [2.24, 2.45) is 0 Å². The number of anilines is 1. The van der Waals surface area contributed by atoms with Crippen LogP contribution in [0, 0.1) is 6.92 Å².